The molecule has 4 rings (SSSR count). The Labute approximate surface area is 165 Å². The second-order valence-corrected chi connectivity index (χ2v) is 6.84. The van der Waals surface area contributed by atoms with Crippen molar-refractivity contribution in [3.05, 3.63) is 65.7 Å². The Kier molecular flexibility index (Phi) is 4.89. The minimum absolute atomic E-state index is 0.00846. The molecular weight excluding hydrogens is 391 g/mol. The third-order valence-corrected chi connectivity index (χ3v) is 4.95. The van der Waals surface area contributed by atoms with Crippen LogP contribution < -0.4 is 9.80 Å². The molecule has 3 aromatic rings. The maximum absolute atomic E-state index is 12.8. The number of piperazine rings is 1. The summed E-state index contributed by atoms with van der Waals surface area (Å²) in [5.41, 5.74) is 0.136. The van der Waals surface area contributed by atoms with E-state index in [4.69, 9.17) is 11.6 Å². The Balaban J connectivity index is 1.51. The molecule has 1 fully saturated rings. The molecule has 0 atom stereocenters. The summed E-state index contributed by atoms with van der Waals surface area (Å²) >= 11 is 6.08. The number of aromatic nitrogens is 3. The lowest BCUT2D eigenvalue weighted by Crippen LogP contribution is -2.47. The highest BCUT2D eigenvalue weighted by Crippen LogP contribution is 2.34. The lowest BCUT2D eigenvalue weighted by atomic mass is 10.2. The van der Waals surface area contributed by atoms with Crippen molar-refractivity contribution >= 4 is 23.2 Å². The molecule has 0 aliphatic carbocycles. The van der Waals surface area contributed by atoms with Crippen molar-refractivity contribution in [2.24, 2.45) is 0 Å². The maximum Gasteiger partial charge on any atom is 0.417 e. The first-order chi connectivity index (χ1) is 13.4. The molecule has 0 spiro atoms. The fourth-order valence-corrected chi connectivity index (χ4v) is 3.56. The van der Waals surface area contributed by atoms with Gasteiger partial charge in [-0.2, -0.15) is 13.2 Å². The Morgan fingerprint density at radius 3 is 2.14 bits per heavy atom. The normalized spacial score (nSPS) is 15.1. The average Bonchev–Trinajstić information content (AvgIpc) is 3.22. The SMILES string of the molecule is FC(F)(F)c1cnc(N2CCN(c3ncccc3-n3cccc3)CC2)c(Cl)c1. The van der Waals surface area contributed by atoms with Crippen LogP contribution in [0.25, 0.3) is 5.69 Å². The maximum atomic E-state index is 12.8. The van der Waals surface area contributed by atoms with E-state index < -0.39 is 11.7 Å². The van der Waals surface area contributed by atoms with Crippen LogP contribution >= 0.6 is 11.6 Å². The largest absolute Gasteiger partial charge is 0.417 e. The number of anilines is 2. The molecule has 0 radical (unpaired) electrons. The molecule has 1 aliphatic heterocycles. The van der Waals surface area contributed by atoms with Gasteiger partial charge in [0.15, 0.2) is 5.82 Å². The minimum atomic E-state index is -4.46. The third-order valence-electron chi connectivity index (χ3n) is 4.68. The molecule has 3 aromatic heterocycles. The number of halogens is 4. The van der Waals surface area contributed by atoms with E-state index in [1.54, 1.807) is 6.20 Å². The van der Waals surface area contributed by atoms with Gasteiger partial charge in [-0.3, -0.25) is 0 Å². The highest BCUT2D eigenvalue weighted by atomic mass is 35.5. The Morgan fingerprint density at radius 1 is 0.893 bits per heavy atom. The monoisotopic (exact) mass is 407 g/mol. The van der Waals surface area contributed by atoms with Crippen molar-refractivity contribution in [2.45, 2.75) is 6.18 Å². The summed E-state index contributed by atoms with van der Waals surface area (Å²) in [5.74, 6) is 1.24. The van der Waals surface area contributed by atoms with E-state index in [-0.39, 0.29) is 5.02 Å². The molecule has 146 valence electrons. The van der Waals surface area contributed by atoms with Crippen molar-refractivity contribution in [3.63, 3.8) is 0 Å². The van der Waals surface area contributed by atoms with Gasteiger partial charge >= 0.3 is 6.18 Å². The summed E-state index contributed by atoms with van der Waals surface area (Å²) in [5, 5.41) is 0.00846. The van der Waals surface area contributed by atoms with Crippen molar-refractivity contribution in [1.82, 2.24) is 14.5 Å². The van der Waals surface area contributed by atoms with Crippen molar-refractivity contribution in [2.75, 3.05) is 36.0 Å². The fraction of sp³-hybridized carbons (Fsp3) is 0.263. The lowest BCUT2D eigenvalue weighted by molar-refractivity contribution is -0.137. The van der Waals surface area contributed by atoms with Crippen molar-refractivity contribution in [3.8, 4) is 5.69 Å². The van der Waals surface area contributed by atoms with Gasteiger partial charge in [-0.1, -0.05) is 11.6 Å². The van der Waals surface area contributed by atoms with Gasteiger partial charge in [0.05, 0.1) is 16.3 Å². The minimum Gasteiger partial charge on any atom is -0.352 e. The highest BCUT2D eigenvalue weighted by molar-refractivity contribution is 6.33. The molecule has 0 saturated carbocycles. The van der Waals surface area contributed by atoms with Gasteiger partial charge in [-0.25, -0.2) is 9.97 Å². The predicted octanol–water partition coefficient (Wildman–Crippen LogP) is 4.27. The van der Waals surface area contributed by atoms with Crippen LogP contribution in [0, 0.1) is 0 Å². The zero-order valence-electron chi connectivity index (χ0n) is 14.8. The molecule has 0 N–H and O–H groups in total. The molecule has 0 aromatic carbocycles. The summed E-state index contributed by atoms with van der Waals surface area (Å²) in [6, 6.07) is 8.73. The first-order valence-electron chi connectivity index (χ1n) is 8.74. The first kappa shape index (κ1) is 18.6. The van der Waals surface area contributed by atoms with Crippen LogP contribution in [0.3, 0.4) is 0 Å². The van der Waals surface area contributed by atoms with E-state index in [2.05, 4.69) is 14.9 Å². The van der Waals surface area contributed by atoms with E-state index in [9.17, 15) is 13.2 Å². The summed E-state index contributed by atoms with van der Waals surface area (Å²) in [6.07, 6.45) is 2.05. The Morgan fingerprint density at radius 2 is 1.54 bits per heavy atom. The smallest absolute Gasteiger partial charge is 0.352 e. The molecule has 1 aliphatic rings. The topological polar surface area (TPSA) is 37.2 Å². The van der Waals surface area contributed by atoms with Gasteiger partial charge < -0.3 is 14.4 Å². The second-order valence-electron chi connectivity index (χ2n) is 6.44. The molecule has 4 heterocycles. The molecule has 0 unspecified atom stereocenters. The van der Waals surface area contributed by atoms with Crippen LogP contribution in [0.5, 0.6) is 0 Å². The molecule has 9 heteroatoms. The van der Waals surface area contributed by atoms with Gasteiger partial charge in [0.2, 0.25) is 0 Å². The summed E-state index contributed by atoms with van der Waals surface area (Å²) < 4.78 is 40.4. The third kappa shape index (κ3) is 3.64. The zero-order chi connectivity index (χ0) is 19.7. The Bertz CT molecular complexity index is 950. The van der Waals surface area contributed by atoms with E-state index in [1.165, 1.54) is 0 Å². The number of pyridine rings is 2. The average molecular weight is 408 g/mol. The van der Waals surface area contributed by atoms with Crippen LogP contribution in [-0.4, -0.2) is 40.7 Å². The van der Waals surface area contributed by atoms with Crippen molar-refractivity contribution < 1.29 is 13.2 Å². The quantitative estimate of drug-likeness (QED) is 0.650. The van der Waals surface area contributed by atoms with Gasteiger partial charge in [0, 0.05) is 51.0 Å². The summed E-state index contributed by atoms with van der Waals surface area (Å²) in [7, 11) is 0. The van der Waals surface area contributed by atoms with E-state index in [0.717, 1.165) is 23.8 Å². The molecule has 0 amide bonds. The van der Waals surface area contributed by atoms with Crippen LogP contribution in [0.1, 0.15) is 5.56 Å². The number of alkyl halides is 3. The molecule has 5 nitrogen and oxygen atoms in total. The van der Waals surface area contributed by atoms with Gasteiger partial charge in [0.1, 0.15) is 5.82 Å². The second kappa shape index (κ2) is 7.35. The molecule has 28 heavy (non-hydrogen) atoms. The molecule has 1 saturated heterocycles. The fourth-order valence-electron chi connectivity index (χ4n) is 3.28. The van der Waals surface area contributed by atoms with Crippen LogP contribution in [-0.2, 0) is 6.18 Å². The summed E-state index contributed by atoms with van der Waals surface area (Å²) in [6.45, 7) is 2.48. The van der Waals surface area contributed by atoms with Gasteiger partial charge in [0.25, 0.3) is 0 Å². The van der Waals surface area contributed by atoms with E-state index in [1.807, 2.05) is 46.1 Å². The predicted molar refractivity (Wildman–Crippen MR) is 102 cm³/mol. The lowest BCUT2D eigenvalue weighted by Gasteiger charge is -2.37. The van der Waals surface area contributed by atoms with E-state index >= 15 is 0 Å². The highest BCUT2D eigenvalue weighted by Gasteiger charge is 2.32. The first-order valence-corrected chi connectivity index (χ1v) is 9.12. The molecule has 0 bridgehead atoms. The molecular formula is C19H17ClF3N5. The number of rotatable bonds is 3. The van der Waals surface area contributed by atoms with Gasteiger partial charge in [-0.05, 0) is 30.3 Å². The van der Waals surface area contributed by atoms with E-state index in [0.29, 0.717) is 32.0 Å². The number of hydrogen-bond donors (Lipinski definition) is 0. The summed E-state index contributed by atoms with van der Waals surface area (Å²) in [4.78, 5) is 12.5. The number of hydrogen-bond acceptors (Lipinski definition) is 4. The number of nitrogens with zero attached hydrogens (tertiary/aromatic N) is 5. The van der Waals surface area contributed by atoms with Crippen LogP contribution in [0.4, 0.5) is 24.8 Å². The van der Waals surface area contributed by atoms with Gasteiger partial charge in [-0.15, -0.1) is 0 Å². The van der Waals surface area contributed by atoms with Crippen molar-refractivity contribution in [1.29, 1.82) is 0 Å². The standard InChI is InChI=1S/C19H17ClF3N5/c20-15-12-14(19(21,22)23)13-25-17(15)27-8-10-28(11-9-27)18-16(4-3-5-24-18)26-6-1-2-7-26/h1-7,12-13H,8-11H2. The van der Waals surface area contributed by atoms with Crippen LogP contribution in [0.15, 0.2) is 55.1 Å². The zero-order valence-corrected chi connectivity index (χ0v) is 15.5. The van der Waals surface area contributed by atoms with Crippen LogP contribution in [0.2, 0.25) is 5.02 Å². The Hall–Kier alpha value is -2.74.